The summed E-state index contributed by atoms with van der Waals surface area (Å²) in [7, 11) is 0. The highest BCUT2D eigenvalue weighted by molar-refractivity contribution is 6.32. The number of nitriles is 1. The van der Waals surface area contributed by atoms with E-state index in [1.807, 2.05) is 0 Å². The lowest BCUT2D eigenvalue weighted by atomic mass is 10.1. The molecule has 0 aromatic heterocycles. The van der Waals surface area contributed by atoms with Gasteiger partial charge in [0.05, 0.1) is 17.0 Å². The summed E-state index contributed by atoms with van der Waals surface area (Å²) in [5, 5.41) is 9.16. The second-order valence-electron chi connectivity index (χ2n) is 3.90. The van der Waals surface area contributed by atoms with Crippen LogP contribution in [0.15, 0.2) is 18.2 Å². The molecule has 0 N–H and O–H groups in total. The van der Waals surface area contributed by atoms with Crippen molar-refractivity contribution in [3.8, 4) is 11.8 Å². The number of nitrogens with zero attached hydrogens (tertiary/aromatic N) is 1. The zero-order valence-corrected chi connectivity index (χ0v) is 9.38. The number of benzene rings is 1. The van der Waals surface area contributed by atoms with Gasteiger partial charge in [0, 0.05) is 0 Å². The smallest absolute Gasteiger partial charge is 0.138 e. The second-order valence-corrected chi connectivity index (χ2v) is 4.30. The van der Waals surface area contributed by atoms with Gasteiger partial charge in [-0.2, -0.15) is 5.26 Å². The van der Waals surface area contributed by atoms with Crippen LogP contribution in [0.25, 0.3) is 0 Å². The minimum Gasteiger partial charge on any atom is -0.487 e. The molecule has 2 atom stereocenters. The Hall–Kier alpha value is -1.27. The predicted octanol–water partition coefficient (Wildman–Crippen LogP) is 3.55. The van der Waals surface area contributed by atoms with E-state index in [1.54, 1.807) is 0 Å². The molecule has 1 aliphatic rings. The molecular formula is C12H11ClFNO. The first-order valence-electron chi connectivity index (χ1n) is 5.22. The molecule has 0 saturated heterocycles. The first-order chi connectivity index (χ1) is 7.70. The molecule has 4 heteroatoms. The van der Waals surface area contributed by atoms with Crippen LogP contribution in [0, 0.1) is 23.1 Å². The van der Waals surface area contributed by atoms with E-state index >= 15 is 0 Å². The average molecular weight is 240 g/mol. The van der Waals surface area contributed by atoms with E-state index in [1.165, 1.54) is 18.2 Å². The lowest BCUT2D eigenvalue weighted by Crippen LogP contribution is -2.20. The normalized spacial score (nSPS) is 24.1. The summed E-state index contributed by atoms with van der Waals surface area (Å²) in [6.45, 7) is 0. The van der Waals surface area contributed by atoms with Gasteiger partial charge in [0.15, 0.2) is 0 Å². The highest BCUT2D eigenvalue weighted by Crippen LogP contribution is 2.32. The van der Waals surface area contributed by atoms with Gasteiger partial charge >= 0.3 is 0 Å². The van der Waals surface area contributed by atoms with Crippen molar-refractivity contribution in [1.82, 2.24) is 0 Å². The van der Waals surface area contributed by atoms with Gasteiger partial charge in [-0.05, 0) is 37.5 Å². The highest BCUT2D eigenvalue weighted by Gasteiger charge is 2.29. The third kappa shape index (κ3) is 2.28. The standard InChI is InChI=1S/C12H11ClFNO/c13-10-6-9(14)4-5-12(10)16-11-3-1-2-8(11)7-15/h4-6,8,11H,1-3H2. The first kappa shape index (κ1) is 11.2. The molecule has 1 aromatic rings. The number of halogens is 2. The van der Waals surface area contributed by atoms with Crippen LogP contribution in [0.3, 0.4) is 0 Å². The van der Waals surface area contributed by atoms with Gasteiger partial charge in [0.25, 0.3) is 0 Å². The largest absolute Gasteiger partial charge is 0.487 e. The fraction of sp³-hybridized carbons (Fsp3) is 0.417. The summed E-state index contributed by atoms with van der Waals surface area (Å²) in [5.74, 6) is -0.0167. The van der Waals surface area contributed by atoms with Crippen LogP contribution < -0.4 is 4.74 Å². The van der Waals surface area contributed by atoms with Gasteiger partial charge in [-0.1, -0.05) is 11.6 Å². The van der Waals surface area contributed by atoms with Crippen molar-refractivity contribution in [2.45, 2.75) is 25.4 Å². The molecule has 16 heavy (non-hydrogen) atoms. The van der Waals surface area contributed by atoms with Crippen molar-refractivity contribution in [2.24, 2.45) is 5.92 Å². The lowest BCUT2D eigenvalue weighted by Gasteiger charge is -2.17. The maximum Gasteiger partial charge on any atom is 0.138 e. The zero-order chi connectivity index (χ0) is 11.5. The fourth-order valence-corrected chi connectivity index (χ4v) is 2.16. The minimum absolute atomic E-state index is 0.0823. The quantitative estimate of drug-likeness (QED) is 0.791. The van der Waals surface area contributed by atoms with Crippen molar-refractivity contribution >= 4 is 11.6 Å². The summed E-state index contributed by atoms with van der Waals surface area (Å²) in [6.07, 6.45) is 2.58. The Kier molecular flexibility index (Phi) is 3.31. The topological polar surface area (TPSA) is 33.0 Å². The molecule has 84 valence electrons. The van der Waals surface area contributed by atoms with Gasteiger partial charge in [0.2, 0.25) is 0 Å². The molecule has 0 aliphatic heterocycles. The van der Waals surface area contributed by atoms with Crippen molar-refractivity contribution in [3.63, 3.8) is 0 Å². The Balaban J connectivity index is 2.12. The molecule has 0 amide bonds. The summed E-state index contributed by atoms with van der Waals surface area (Å²) >= 11 is 5.85. The van der Waals surface area contributed by atoms with Crippen LogP contribution in [0.1, 0.15) is 19.3 Å². The SMILES string of the molecule is N#CC1CCCC1Oc1ccc(F)cc1Cl. The van der Waals surface area contributed by atoms with Crippen molar-refractivity contribution in [2.75, 3.05) is 0 Å². The Labute approximate surface area is 98.6 Å². The van der Waals surface area contributed by atoms with E-state index in [2.05, 4.69) is 6.07 Å². The summed E-state index contributed by atoms with van der Waals surface area (Å²) in [4.78, 5) is 0. The molecule has 1 saturated carbocycles. The van der Waals surface area contributed by atoms with Crippen LogP contribution in [0.2, 0.25) is 5.02 Å². The maximum absolute atomic E-state index is 12.8. The number of rotatable bonds is 2. The molecule has 2 unspecified atom stereocenters. The van der Waals surface area contributed by atoms with Crippen molar-refractivity contribution in [3.05, 3.63) is 29.0 Å². The van der Waals surface area contributed by atoms with E-state index in [0.29, 0.717) is 5.75 Å². The zero-order valence-electron chi connectivity index (χ0n) is 8.62. The molecule has 1 aromatic carbocycles. The molecule has 0 bridgehead atoms. The molecule has 1 aliphatic carbocycles. The lowest BCUT2D eigenvalue weighted by molar-refractivity contribution is 0.182. The molecule has 1 fully saturated rings. The molecule has 0 heterocycles. The Morgan fingerprint density at radius 3 is 2.94 bits per heavy atom. The Morgan fingerprint density at radius 2 is 2.25 bits per heavy atom. The first-order valence-corrected chi connectivity index (χ1v) is 5.60. The van der Waals surface area contributed by atoms with Gasteiger partial charge in [-0.15, -0.1) is 0 Å². The minimum atomic E-state index is -0.388. The van der Waals surface area contributed by atoms with Crippen LogP contribution in [0.5, 0.6) is 5.75 Å². The van der Waals surface area contributed by atoms with Crippen LogP contribution >= 0.6 is 11.6 Å². The van der Waals surface area contributed by atoms with Gasteiger partial charge in [0.1, 0.15) is 17.7 Å². The molecule has 0 spiro atoms. The van der Waals surface area contributed by atoms with Crippen LogP contribution in [-0.4, -0.2) is 6.10 Å². The van der Waals surface area contributed by atoms with Crippen molar-refractivity contribution in [1.29, 1.82) is 5.26 Å². The third-order valence-corrected chi connectivity index (χ3v) is 3.09. The van der Waals surface area contributed by atoms with E-state index in [4.69, 9.17) is 21.6 Å². The van der Waals surface area contributed by atoms with E-state index in [-0.39, 0.29) is 22.9 Å². The van der Waals surface area contributed by atoms with E-state index < -0.39 is 0 Å². The second kappa shape index (κ2) is 4.71. The van der Waals surface area contributed by atoms with Crippen molar-refractivity contribution < 1.29 is 9.13 Å². The summed E-state index contributed by atoms with van der Waals surface area (Å²) < 4.78 is 18.5. The number of ether oxygens (including phenoxy) is 1. The van der Waals surface area contributed by atoms with Gasteiger partial charge < -0.3 is 4.74 Å². The monoisotopic (exact) mass is 239 g/mol. The van der Waals surface area contributed by atoms with Crippen LogP contribution in [0.4, 0.5) is 4.39 Å². The molecule has 2 rings (SSSR count). The van der Waals surface area contributed by atoms with Gasteiger partial charge in [-0.3, -0.25) is 0 Å². The van der Waals surface area contributed by atoms with Crippen LogP contribution in [-0.2, 0) is 0 Å². The summed E-state index contributed by atoms with van der Waals surface area (Å²) in [6, 6.07) is 6.25. The van der Waals surface area contributed by atoms with E-state index in [9.17, 15) is 4.39 Å². The Morgan fingerprint density at radius 1 is 1.44 bits per heavy atom. The summed E-state index contributed by atoms with van der Waals surface area (Å²) in [5.41, 5.74) is 0. The van der Waals surface area contributed by atoms with Gasteiger partial charge in [-0.25, -0.2) is 4.39 Å². The number of hydrogen-bond donors (Lipinski definition) is 0. The highest BCUT2D eigenvalue weighted by atomic mass is 35.5. The average Bonchev–Trinajstić information content (AvgIpc) is 2.69. The maximum atomic E-state index is 12.8. The Bertz CT molecular complexity index is 430. The molecule has 2 nitrogen and oxygen atoms in total. The number of hydrogen-bond acceptors (Lipinski definition) is 2. The third-order valence-electron chi connectivity index (χ3n) is 2.79. The predicted molar refractivity (Wildman–Crippen MR) is 58.8 cm³/mol. The van der Waals surface area contributed by atoms with E-state index in [0.717, 1.165) is 19.3 Å². The molecular weight excluding hydrogens is 229 g/mol. The molecule has 0 radical (unpaired) electrons. The fourth-order valence-electron chi connectivity index (χ4n) is 1.95.